The third kappa shape index (κ3) is 3.87. The number of carboxylic acid groups (broad SMARTS) is 1. The van der Waals surface area contributed by atoms with Crippen LogP contribution in [-0.4, -0.2) is 30.9 Å². The van der Waals surface area contributed by atoms with E-state index in [4.69, 9.17) is 5.11 Å². The first-order valence-corrected chi connectivity index (χ1v) is 4.03. The van der Waals surface area contributed by atoms with Crippen LogP contribution in [0.2, 0.25) is 0 Å². The Hall–Kier alpha value is 0.106. The Kier molecular flexibility index (Phi) is 5.77. The molecule has 64 valence electrons. The summed E-state index contributed by atoms with van der Waals surface area (Å²) in [6.07, 6.45) is 6.46. The third-order valence-corrected chi connectivity index (χ3v) is 2.20. The van der Waals surface area contributed by atoms with E-state index in [2.05, 4.69) is 0 Å². The fourth-order valence-electron chi connectivity index (χ4n) is 1.53. The van der Waals surface area contributed by atoms with Crippen LogP contribution in [0.3, 0.4) is 0 Å². The van der Waals surface area contributed by atoms with Gasteiger partial charge in [0.1, 0.15) is 0 Å². The molecule has 1 aliphatic rings. The van der Waals surface area contributed by atoms with Crippen molar-refractivity contribution in [3.05, 3.63) is 0 Å². The van der Waals surface area contributed by atoms with Crippen LogP contribution in [0.25, 0.3) is 0 Å². The van der Waals surface area contributed by atoms with Gasteiger partial charge in [0.15, 0.2) is 0 Å². The molecule has 11 heavy (non-hydrogen) atoms. The van der Waals surface area contributed by atoms with E-state index in [0.717, 1.165) is 25.7 Å². The first-order chi connectivity index (χ1) is 4.80. The van der Waals surface area contributed by atoms with Gasteiger partial charge in [0.25, 0.3) is 0 Å². The Morgan fingerprint density at radius 2 is 1.55 bits per heavy atom. The normalized spacial score (nSPS) is 20.0. The topological polar surface area (TPSA) is 37.3 Å². The summed E-state index contributed by atoms with van der Waals surface area (Å²) in [6.45, 7) is 0. The molecule has 0 bridgehead atoms. The van der Waals surface area contributed by atoms with Gasteiger partial charge >= 0.3 is 25.8 Å². The molecule has 0 atom stereocenters. The molecule has 0 aromatic heterocycles. The van der Waals surface area contributed by atoms with Gasteiger partial charge in [0, 0.05) is 0 Å². The molecular weight excluding hydrogens is 198 g/mol. The van der Waals surface area contributed by atoms with Crippen molar-refractivity contribution in [3.63, 3.8) is 0 Å². The molecule has 0 amide bonds. The Morgan fingerprint density at radius 3 is 1.91 bits per heavy atom. The molecule has 1 N–H and O–H groups in total. The van der Waals surface area contributed by atoms with Crippen LogP contribution in [0.15, 0.2) is 0 Å². The summed E-state index contributed by atoms with van der Waals surface area (Å²) in [7, 11) is 0. The molecule has 1 fully saturated rings. The summed E-state index contributed by atoms with van der Waals surface area (Å²) in [5.74, 6) is -0.635. The predicted octanol–water partition coefficient (Wildman–Crippen LogP) is 0.857. The molecule has 1 aliphatic carbocycles. The molecule has 3 heteroatoms. The van der Waals surface area contributed by atoms with Crippen LogP contribution < -0.4 is 0 Å². The minimum absolute atomic E-state index is 0. The van der Waals surface area contributed by atoms with Crippen molar-refractivity contribution in [2.75, 3.05) is 0 Å². The van der Waals surface area contributed by atoms with Crippen LogP contribution in [0.4, 0.5) is 0 Å². The Bertz CT molecular complexity index is 117. The number of carboxylic acids is 1. The molecule has 0 radical (unpaired) electrons. The van der Waals surface area contributed by atoms with E-state index < -0.39 is 5.97 Å². The van der Waals surface area contributed by atoms with Gasteiger partial charge in [0.05, 0.1) is 5.92 Å². The summed E-state index contributed by atoms with van der Waals surface area (Å²) in [4.78, 5) is 10.5. The zero-order valence-corrected chi connectivity index (χ0v) is 6.18. The quantitative estimate of drug-likeness (QED) is 0.520. The second-order valence-electron chi connectivity index (χ2n) is 3.03. The van der Waals surface area contributed by atoms with Crippen molar-refractivity contribution in [2.24, 2.45) is 5.92 Å². The molecule has 1 saturated carbocycles. The standard InChI is InChI=1S/C8H14O2.Ga.3H/c9-8(10)7-5-3-1-2-4-6-7;;;;/h7H,1-6H2,(H,9,10);;;;. The molecule has 0 unspecified atom stereocenters. The summed E-state index contributed by atoms with van der Waals surface area (Å²) in [5.41, 5.74) is 0. The zero-order chi connectivity index (χ0) is 7.40. The van der Waals surface area contributed by atoms with Gasteiger partial charge in [0.2, 0.25) is 0 Å². The number of rotatable bonds is 1. The van der Waals surface area contributed by atoms with Crippen LogP contribution in [0.5, 0.6) is 0 Å². The number of carbonyl (C=O) groups is 1. The second-order valence-corrected chi connectivity index (χ2v) is 3.03. The molecule has 0 saturated heterocycles. The maximum atomic E-state index is 10.5. The predicted molar refractivity (Wildman–Crippen MR) is 48.8 cm³/mol. The first kappa shape index (κ1) is 11.1. The van der Waals surface area contributed by atoms with Crippen LogP contribution in [-0.2, 0) is 4.79 Å². The van der Waals surface area contributed by atoms with Crippen molar-refractivity contribution in [1.29, 1.82) is 0 Å². The average Bonchev–Trinajstić information content (AvgIpc) is 2.12. The van der Waals surface area contributed by atoms with Crippen molar-refractivity contribution in [1.82, 2.24) is 0 Å². The summed E-state index contributed by atoms with van der Waals surface area (Å²) < 4.78 is 0. The maximum absolute atomic E-state index is 10.5. The Balaban J connectivity index is 0.000001000. The summed E-state index contributed by atoms with van der Waals surface area (Å²) in [6, 6.07) is 0. The first-order valence-electron chi connectivity index (χ1n) is 4.03. The van der Waals surface area contributed by atoms with E-state index in [1.807, 2.05) is 0 Å². The Labute approximate surface area is 80.4 Å². The molecule has 0 aromatic rings. The van der Waals surface area contributed by atoms with Gasteiger partial charge in [-0.2, -0.15) is 0 Å². The summed E-state index contributed by atoms with van der Waals surface area (Å²) in [5, 5.41) is 8.66. The monoisotopic (exact) mass is 214 g/mol. The molecule has 0 heterocycles. The average molecular weight is 215 g/mol. The van der Waals surface area contributed by atoms with E-state index >= 15 is 0 Å². The van der Waals surface area contributed by atoms with E-state index in [0.29, 0.717) is 0 Å². The van der Waals surface area contributed by atoms with Crippen molar-refractivity contribution < 1.29 is 9.90 Å². The molecule has 0 aromatic carbocycles. The van der Waals surface area contributed by atoms with Crippen molar-refractivity contribution in [2.45, 2.75) is 38.5 Å². The second kappa shape index (κ2) is 5.72. The summed E-state index contributed by atoms with van der Waals surface area (Å²) >= 11 is 0. The van der Waals surface area contributed by atoms with E-state index in [1.165, 1.54) is 12.8 Å². The zero-order valence-electron chi connectivity index (χ0n) is 6.18. The van der Waals surface area contributed by atoms with E-state index in [1.54, 1.807) is 0 Å². The third-order valence-electron chi connectivity index (χ3n) is 2.20. The fraction of sp³-hybridized carbons (Fsp3) is 0.875. The fourth-order valence-corrected chi connectivity index (χ4v) is 1.53. The van der Waals surface area contributed by atoms with Gasteiger partial charge < -0.3 is 5.11 Å². The van der Waals surface area contributed by atoms with Crippen LogP contribution in [0.1, 0.15) is 38.5 Å². The van der Waals surface area contributed by atoms with Gasteiger partial charge in [-0.15, -0.1) is 0 Å². The SMILES string of the molecule is O=C(O)C1CCCCCC1.[GaH3]. The van der Waals surface area contributed by atoms with Gasteiger partial charge in [-0.3, -0.25) is 4.79 Å². The van der Waals surface area contributed by atoms with E-state index in [-0.39, 0.29) is 25.7 Å². The van der Waals surface area contributed by atoms with Gasteiger partial charge in [-0.1, -0.05) is 25.7 Å². The molecular formula is C8H17GaO2. The van der Waals surface area contributed by atoms with Gasteiger partial charge in [-0.25, -0.2) is 0 Å². The molecule has 0 spiro atoms. The number of hydrogen-bond donors (Lipinski definition) is 1. The molecule has 0 aliphatic heterocycles. The molecule has 1 rings (SSSR count). The van der Waals surface area contributed by atoms with Crippen molar-refractivity contribution in [3.8, 4) is 0 Å². The Morgan fingerprint density at radius 1 is 1.09 bits per heavy atom. The number of aliphatic carboxylic acids is 1. The molecule has 2 nitrogen and oxygen atoms in total. The van der Waals surface area contributed by atoms with E-state index in [9.17, 15) is 4.79 Å². The van der Waals surface area contributed by atoms with Crippen LogP contribution in [0, 0.1) is 5.92 Å². The van der Waals surface area contributed by atoms with Gasteiger partial charge in [-0.05, 0) is 12.8 Å². The minimum atomic E-state index is -0.595. The number of hydrogen-bond acceptors (Lipinski definition) is 1. The van der Waals surface area contributed by atoms with Crippen LogP contribution >= 0.6 is 0 Å². The van der Waals surface area contributed by atoms with Crippen molar-refractivity contribution >= 4 is 25.8 Å².